The molecule has 3 heteroatoms. The average molecular weight is 303 g/mol. The highest BCUT2D eigenvalue weighted by molar-refractivity contribution is 5.41. The number of fused-ring (bicyclic) bond motifs is 1. The van der Waals surface area contributed by atoms with E-state index in [1.54, 1.807) is 0 Å². The smallest absolute Gasteiger partial charge is 0.123 e. The number of aryl methyl sites for hydroxylation is 1. The first-order valence-electron chi connectivity index (χ1n) is 8.85. The van der Waals surface area contributed by atoms with Crippen LogP contribution in [0.1, 0.15) is 44.6 Å². The molecular weight excluding hydrogens is 274 g/mol. The summed E-state index contributed by atoms with van der Waals surface area (Å²) in [6, 6.07) is 6.32. The maximum absolute atomic E-state index is 5.99. The van der Waals surface area contributed by atoms with Crippen molar-refractivity contribution in [2.75, 3.05) is 26.7 Å². The lowest BCUT2D eigenvalue weighted by Gasteiger charge is -2.29. The van der Waals surface area contributed by atoms with Gasteiger partial charge in [0.05, 0.1) is 12.7 Å². The monoisotopic (exact) mass is 303 g/mol. The highest BCUT2D eigenvalue weighted by Crippen LogP contribution is 2.32. The molecule has 2 heterocycles. The summed E-state index contributed by atoms with van der Waals surface area (Å²) in [5.74, 6) is 2.90. The quantitative estimate of drug-likeness (QED) is 0.823. The zero-order chi connectivity index (χ0) is 15.4. The molecule has 3 rings (SSSR count). The van der Waals surface area contributed by atoms with Gasteiger partial charge in [0.2, 0.25) is 0 Å². The van der Waals surface area contributed by atoms with Gasteiger partial charge in [-0.1, -0.05) is 6.92 Å². The van der Waals surface area contributed by atoms with Crippen LogP contribution in [0.3, 0.4) is 0 Å². The molecule has 0 radical (unpaired) electrons. The van der Waals surface area contributed by atoms with E-state index in [2.05, 4.69) is 37.1 Å². The van der Waals surface area contributed by atoms with Crippen LogP contribution in [0.4, 0.5) is 0 Å². The van der Waals surface area contributed by atoms with Crippen molar-refractivity contribution in [1.29, 1.82) is 0 Å². The number of ether oxygens (including phenoxy) is 2. The number of nitrogens with zero attached hydrogens (tertiary/aromatic N) is 1. The van der Waals surface area contributed by atoms with Crippen LogP contribution < -0.4 is 9.47 Å². The second-order valence-electron chi connectivity index (χ2n) is 6.84. The highest BCUT2D eigenvalue weighted by Gasteiger charge is 2.19. The molecule has 1 aromatic carbocycles. The molecule has 0 aliphatic carbocycles. The molecular formula is C19H29NO2. The Morgan fingerprint density at radius 1 is 1.23 bits per heavy atom. The molecule has 1 unspecified atom stereocenters. The lowest BCUT2D eigenvalue weighted by molar-refractivity contribution is 0.168. The summed E-state index contributed by atoms with van der Waals surface area (Å²) in [6.07, 6.45) is 7.53. The van der Waals surface area contributed by atoms with E-state index >= 15 is 0 Å². The van der Waals surface area contributed by atoms with Crippen LogP contribution in [0.2, 0.25) is 0 Å². The molecule has 2 aliphatic rings. The van der Waals surface area contributed by atoms with Gasteiger partial charge < -0.3 is 14.4 Å². The van der Waals surface area contributed by atoms with Crippen molar-refractivity contribution >= 4 is 0 Å². The minimum Gasteiger partial charge on any atom is -0.494 e. The Bertz CT molecular complexity index is 480. The molecule has 22 heavy (non-hydrogen) atoms. The number of rotatable bonds is 5. The molecule has 0 N–H and O–H groups in total. The molecule has 0 amide bonds. The van der Waals surface area contributed by atoms with E-state index in [9.17, 15) is 0 Å². The Morgan fingerprint density at radius 2 is 2.05 bits per heavy atom. The van der Waals surface area contributed by atoms with Gasteiger partial charge in [-0.2, -0.15) is 0 Å². The summed E-state index contributed by atoms with van der Waals surface area (Å²) < 4.78 is 12.0. The average Bonchev–Trinajstić information content (AvgIpc) is 2.56. The van der Waals surface area contributed by atoms with Gasteiger partial charge >= 0.3 is 0 Å². The molecule has 0 saturated carbocycles. The molecule has 122 valence electrons. The van der Waals surface area contributed by atoms with Crippen molar-refractivity contribution in [3.8, 4) is 11.5 Å². The van der Waals surface area contributed by atoms with Crippen molar-refractivity contribution < 1.29 is 9.47 Å². The molecule has 0 bridgehead atoms. The molecule has 1 saturated heterocycles. The van der Waals surface area contributed by atoms with Crippen LogP contribution in [-0.4, -0.2) is 37.7 Å². The van der Waals surface area contributed by atoms with E-state index in [-0.39, 0.29) is 0 Å². The van der Waals surface area contributed by atoms with E-state index < -0.39 is 0 Å². The van der Waals surface area contributed by atoms with Gasteiger partial charge in [-0.25, -0.2) is 0 Å². The fourth-order valence-corrected chi connectivity index (χ4v) is 3.49. The van der Waals surface area contributed by atoms with Crippen molar-refractivity contribution in [2.24, 2.45) is 5.92 Å². The van der Waals surface area contributed by atoms with Crippen LogP contribution in [0.15, 0.2) is 18.2 Å². The van der Waals surface area contributed by atoms with Gasteiger partial charge in [-0.15, -0.1) is 0 Å². The van der Waals surface area contributed by atoms with Crippen LogP contribution >= 0.6 is 0 Å². The van der Waals surface area contributed by atoms with E-state index in [1.807, 2.05) is 0 Å². The lowest BCUT2D eigenvalue weighted by Crippen LogP contribution is -2.30. The number of piperidine rings is 1. The number of hydrogen-bond acceptors (Lipinski definition) is 3. The molecule has 3 nitrogen and oxygen atoms in total. The summed E-state index contributed by atoms with van der Waals surface area (Å²) in [6.45, 7) is 5.50. The molecule has 1 atom stereocenters. The Balaban J connectivity index is 1.47. The third-order valence-electron chi connectivity index (χ3n) is 5.15. The fraction of sp³-hybridized carbons (Fsp3) is 0.684. The zero-order valence-electron chi connectivity index (χ0n) is 14.0. The molecule has 0 aromatic heterocycles. The minimum atomic E-state index is 0.392. The minimum absolute atomic E-state index is 0.392. The van der Waals surface area contributed by atoms with Gasteiger partial charge in [0.25, 0.3) is 0 Å². The Labute approximate surface area is 134 Å². The number of likely N-dealkylation sites (tertiary alicyclic amines) is 1. The topological polar surface area (TPSA) is 21.7 Å². The Hall–Kier alpha value is -1.22. The maximum Gasteiger partial charge on any atom is 0.123 e. The predicted molar refractivity (Wildman–Crippen MR) is 89.8 cm³/mol. The largest absolute Gasteiger partial charge is 0.494 e. The third-order valence-corrected chi connectivity index (χ3v) is 5.15. The van der Waals surface area contributed by atoms with Crippen LogP contribution in [0.25, 0.3) is 0 Å². The molecule has 0 spiro atoms. The second-order valence-corrected chi connectivity index (χ2v) is 6.84. The first kappa shape index (κ1) is 15.7. The number of benzene rings is 1. The lowest BCUT2D eigenvalue weighted by atomic mass is 9.94. The Morgan fingerprint density at radius 3 is 2.82 bits per heavy atom. The predicted octanol–water partition coefficient (Wildman–Crippen LogP) is 3.90. The van der Waals surface area contributed by atoms with Gasteiger partial charge in [0.1, 0.15) is 11.5 Å². The van der Waals surface area contributed by atoms with Crippen molar-refractivity contribution in [3.05, 3.63) is 23.8 Å². The van der Waals surface area contributed by atoms with Crippen molar-refractivity contribution in [1.82, 2.24) is 4.90 Å². The second kappa shape index (κ2) is 7.36. The standard InChI is InChI=1S/C19H29NO2/c1-3-17-5-4-16-14-18(6-7-19(16)22-17)21-13-10-15-8-11-20(2)12-9-15/h6-7,14-15,17H,3-5,8-13H2,1-2H3. The maximum atomic E-state index is 5.99. The van der Waals surface area contributed by atoms with Crippen LogP contribution in [-0.2, 0) is 6.42 Å². The van der Waals surface area contributed by atoms with Gasteiger partial charge in [-0.05, 0) is 88.3 Å². The molecule has 2 aliphatic heterocycles. The number of hydrogen-bond donors (Lipinski definition) is 0. The summed E-state index contributed by atoms with van der Waals surface area (Å²) in [5, 5.41) is 0. The first-order valence-corrected chi connectivity index (χ1v) is 8.85. The molecule has 1 aromatic rings. The van der Waals surface area contributed by atoms with Gasteiger partial charge in [-0.3, -0.25) is 0 Å². The Kier molecular flexibility index (Phi) is 5.24. The zero-order valence-corrected chi connectivity index (χ0v) is 14.0. The van der Waals surface area contributed by atoms with E-state index in [0.29, 0.717) is 6.10 Å². The molecule has 1 fully saturated rings. The summed E-state index contributed by atoms with van der Waals surface area (Å²) in [7, 11) is 2.21. The van der Waals surface area contributed by atoms with Gasteiger partial charge in [0, 0.05) is 0 Å². The van der Waals surface area contributed by atoms with E-state index in [0.717, 1.165) is 43.3 Å². The fourth-order valence-electron chi connectivity index (χ4n) is 3.49. The van der Waals surface area contributed by atoms with Crippen LogP contribution in [0.5, 0.6) is 11.5 Å². The van der Waals surface area contributed by atoms with Gasteiger partial charge in [0.15, 0.2) is 0 Å². The summed E-state index contributed by atoms with van der Waals surface area (Å²) >= 11 is 0. The van der Waals surface area contributed by atoms with Crippen molar-refractivity contribution in [3.63, 3.8) is 0 Å². The summed E-state index contributed by atoms with van der Waals surface area (Å²) in [4.78, 5) is 2.42. The SMILES string of the molecule is CCC1CCc2cc(OCCC3CCN(C)CC3)ccc2O1. The third kappa shape index (κ3) is 3.95. The van der Waals surface area contributed by atoms with E-state index in [1.165, 1.54) is 37.9 Å². The highest BCUT2D eigenvalue weighted by atomic mass is 16.5. The van der Waals surface area contributed by atoms with E-state index in [4.69, 9.17) is 9.47 Å². The van der Waals surface area contributed by atoms with Crippen molar-refractivity contribution in [2.45, 2.75) is 51.6 Å². The first-order chi connectivity index (χ1) is 10.7. The van der Waals surface area contributed by atoms with Crippen LogP contribution in [0, 0.1) is 5.92 Å². The normalized spacial score (nSPS) is 22.9. The summed E-state index contributed by atoms with van der Waals surface area (Å²) in [5.41, 5.74) is 1.31.